The van der Waals surface area contributed by atoms with Gasteiger partial charge in [0.2, 0.25) is 5.91 Å². The quantitative estimate of drug-likeness (QED) is 0.374. The average molecular weight is 547 g/mol. The number of ether oxygens (including phenoxy) is 2. The molecule has 34 heavy (non-hydrogen) atoms. The molecule has 2 aromatic rings. The van der Waals surface area contributed by atoms with Crippen LogP contribution in [0.15, 0.2) is 51.8 Å². The summed E-state index contributed by atoms with van der Waals surface area (Å²) in [4.78, 5) is 50.2. The molecule has 178 valence electrons. The van der Waals surface area contributed by atoms with Crippen LogP contribution < -0.4 is 10.1 Å². The van der Waals surface area contributed by atoms with Gasteiger partial charge >= 0.3 is 5.97 Å². The number of nitrogens with zero attached hydrogens (tertiary/aromatic N) is 1. The van der Waals surface area contributed by atoms with Gasteiger partial charge in [0.1, 0.15) is 12.3 Å². The summed E-state index contributed by atoms with van der Waals surface area (Å²) in [6, 6.07) is 12.4. The van der Waals surface area contributed by atoms with E-state index in [1.54, 1.807) is 30.3 Å². The number of esters is 1. The summed E-state index contributed by atoms with van der Waals surface area (Å²) in [5.41, 5.74) is 2.20. The lowest BCUT2D eigenvalue weighted by molar-refractivity contribution is -0.142. The highest BCUT2D eigenvalue weighted by molar-refractivity contribution is 9.10. The van der Waals surface area contributed by atoms with Gasteiger partial charge in [-0.2, -0.15) is 0 Å². The number of anilines is 1. The van der Waals surface area contributed by atoms with E-state index in [9.17, 15) is 19.2 Å². The van der Waals surface area contributed by atoms with Crippen LogP contribution in [0.5, 0.6) is 5.75 Å². The topological polar surface area (TPSA) is 102 Å². The number of imide groups is 1. The number of amides is 3. The molecule has 0 radical (unpaired) electrons. The zero-order valence-electron chi connectivity index (χ0n) is 18.8. The van der Waals surface area contributed by atoms with Crippen molar-refractivity contribution < 1.29 is 28.7 Å². The Balaban J connectivity index is 1.71. The summed E-state index contributed by atoms with van der Waals surface area (Å²) in [6.45, 7) is 3.43. The number of hydrogen-bond donors (Lipinski definition) is 1. The second-order valence-electron chi connectivity index (χ2n) is 7.64. The van der Waals surface area contributed by atoms with Crippen LogP contribution in [-0.4, -0.2) is 48.2 Å². The molecule has 10 heteroatoms. The molecule has 1 heterocycles. The molecule has 0 atom stereocenters. The van der Waals surface area contributed by atoms with Crippen molar-refractivity contribution in [2.75, 3.05) is 25.6 Å². The molecule has 0 aromatic heterocycles. The fourth-order valence-electron chi connectivity index (χ4n) is 3.03. The maximum Gasteiger partial charge on any atom is 0.343 e. The Labute approximate surface area is 209 Å². The number of benzene rings is 2. The molecule has 1 saturated heterocycles. The number of nitrogens with one attached hydrogen (secondary N) is 1. The number of hydrogen-bond acceptors (Lipinski definition) is 7. The van der Waals surface area contributed by atoms with Crippen molar-refractivity contribution in [1.82, 2.24) is 4.90 Å². The van der Waals surface area contributed by atoms with Gasteiger partial charge in [0, 0.05) is 15.7 Å². The Kier molecular flexibility index (Phi) is 8.51. The van der Waals surface area contributed by atoms with Crippen molar-refractivity contribution in [2.24, 2.45) is 0 Å². The maximum absolute atomic E-state index is 12.8. The van der Waals surface area contributed by atoms with Crippen LogP contribution in [0, 0.1) is 0 Å². The molecule has 0 aliphatic carbocycles. The molecule has 0 bridgehead atoms. The third-order valence-corrected chi connectivity index (χ3v) is 6.27. The number of halogens is 1. The Hall–Kier alpha value is -3.11. The van der Waals surface area contributed by atoms with Gasteiger partial charge in [0.25, 0.3) is 11.1 Å². The van der Waals surface area contributed by atoms with Crippen molar-refractivity contribution in [3.8, 4) is 5.75 Å². The second-order valence-corrected chi connectivity index (χ2v) is 9.55. The first-order valence-corrected chi connectivity index (χ1v) is 11.9. The van der Waals surface area contributed by atoms with E-state index >= 15 is 0 Å². The molecule has 0 spiro atoms. The van der Waals surface area contributed by atoms with Crippen molar-refractivity contribution in [3.05, 3.63) is 63.0 Å². The Bertz CT molecular complexity index is 1150. The van der Waals surface area contributed by atoms with E-state index in [1.807, 2.05) is 12.1 Å². The molecule has 3 rings (SSSR count). The molecule has 2 aromatic carbocycles. The highest BCUT2D eigenvalue weighted by Gasteiger charge is 2.36. The molecule has 0 unspecified atom stereocenters. The molecule has 0 saturated carbocycles. The number of carbonyl (C=O) groups excluding carboxylic acids is 4. The normalized spacial score (nSPS) is 14.6. The Morgan fingerprint density at radius 1 is 1.15 bits per heavy atom. The zero-order valence-corrected chi connectivity index (χ0v) is 21.2. The van der Waals surface area contributed by atoms with Crippen LogP contribution in [0.1, 0.15) is 30.9 Å². The molecule has 3 amide bonds. The summed E-state index contributed by atoms with van der Waals surface area (Å²) >= 11 is 4.09. The Morgan fingerprint density at radius 3 is 2.50 bits per heavy atom. The first-order chi connectivity index (χ1) is 16.2. The van der Waals surface area contributed by atoms with E-state index < -0.39 is 29.6 Å². The second kappa shape index (κ2) is 11.3. The summed E-state index contributed by atoms with van der Waals surface area (Å²) < 4.78 is 10.8. The fraction of sp³-hybridized carbons (Fsp3) is 0.250. The SMILES string of the molecule is COC(=O)COc1ccc(Br)cc1/C=C1/SC(=O)N(CC(=O)Nc2ccc(C(C)C)cc2)C1=O. The standard InChI is InChI=1S/C24H23BrN2O6S/c1-14(2)15-4-7-18(8-5-15)26-21(28)12-27-23(30)20(34-24(27)31)11-16-10-17(25)6-9-19(16)33-13-22(29)32-3/h4-11,14H,12-13H2,1-3H3,(H,26,28)/b20-11+. The summed E-state index contributed by atoms with van der Waals surface area (Å²) in [5.74, 6) is -0.921. The summed E-state index contributed by atoms with van der Waals surface area (Å²) in [6.07, 6.45) is 1.49. The van der Waals surface area contributed by atoms with Gasteiger partial charge in [-0.3, -0.25) is 19.3 Å². The van der Waals surface area contributed by atoms with Crippen LogP contribution in [0.2, 0.25) is 0 Å². The Morgan fingerprint density at radius 2 is 1.85 bits per heavy atom. The van der Waals surface area contributed by atoms with Crippen molar-refractivity contribution in [2.45, 2.75) is 19.8 Å². The minimum absolute atomic E-state index is 0.139. The number of methoxy groups -OCH3 is 1. The number of rotatable bonds is 8. The van der Waals surface area contributed by atoms with Crippen molar-refractivity contribution in [1.29, 1.82) is 0 Å². The smallest absolute Gasteiger partial charge is 0.343 e. The van der Waals surface area contributed by atoms with Gasteiger partial charge < -0.3 is 14.8 Å². The lowest BCUT2D eigenvalue weighted by Crippen LogP contribution is -2.36. The first kappa shape index (κ1) is 25.5. The summed E-state index contributed by atoms with van der Waals surface area (Å²) in [5, 5.41) is 2.16. The van der Waals surface area contributed by atoms with E-state index in [0.717, 1.165) is 22.2 Å². The predicted molar refractivity (Wildman–Crippen MR) is 133 cm³/mol. The lowest BCUT2D eigenvalue weighted by Gasteiger charge is -2.13. The van der Waals surface area contributed by atoms with Crippen LogP contribution in [-0.2, 0) is 19.1 Å². The van der Waals surface area contributed by atoms with Crippen molar-refractivity contribution in [3.63, 3.8) is 0 Å². The van der Waals surface area contributed by atoms with Gasteiger partial charge in [0.05, 0.1) is 12.0 Å². The third kappa shape index (κ3) is 6.48. The fourth-order valence-corrected chi connectivity index (χ4v) is 4.24. The highest BCUT2D eigenvalue weighted by atomic mass is 79.9. The number of carbonyl (C=O) groups is 4. The van der Waals surface area contributed by atoms with Gasteiger partial charge in [-0.05, 0) is 59.7 Å². The van der Waals surface area contributed by atoms with E-state index in [0.29, 0.717) is 27.4 Å². The monoisotopic (exact) mass is 546 g/mol. The maximum atomic E-state index is 12.8. The van der Waals surface area contributed by atoms with Crippen molar-refractivity contribution >= 4 is 62.5 Å². The van der Waals surface area contributed by atoms with Gasteiger partial charge in [-0.1, -0.05) is 41.9 Å². The number of thioether (sulfide) groups is 1. The van der Waals surface area contributed by atoms with Crippen LogP contribution in [0.4, 0.5) is 10.5 Å². The van der Waals surface area contributed by atoms with E-state index in [-0.39, 0.29) is 11.5 Å². The summed E-state index contributed by atoms with van der Waals surface area (Å²) in [7, 11) is 1.25. The van der Waals surface area contributed by atoms with Crippen LogP contribution >= 0.6 is 27.7 Å². The van der Waals surface area contributed by atoms with E-state index in [2.05, 4.69) is 39.8 Å². The first-order valence-electron chi connectivity index (χ1n) is 10.3. The molecule has 1 N–H and O–H groups in total. The van der Waals surface area contributed by atoms with Crippen LogP contribution in [0.25, 0.3) is 6.08 Å². The molecule has 1 aliphatic rings. The minimum Gasteiger partial charge on any atom is -0.481 e. The van der Waals surface area contributed by atoms with Gasteiger partial charge in [-0.25, -0.2) is 4.79 Å². The predicted octanol–water partition coefficient (Wildman–Crippen LogP) is 4.80. The minimum atomic E-state index is -0.584. The molecule has 8 nitrogen and oxygen atoms in total. The van der Waals surface area contributed by atoms with Gasteiger partial charge in [-0.15, -0.1) is 0 Å². The largest absolute Gasteiger partial charge is 0.481 e. The molecular formula is C24H23BrN2O6S. The van der Waals surface area contributed by atoms with E-state index in [4.69, 9.17) is 4.74 Å². The molecule has 1 aliphatic heterocycles. The van der Waals surface area contributed by atoms with E-state index in [1.165, 1.54) is 13.2 Å². The third-order valence-electron chi connectivity index (χ3n) is 4.87. The highest BCUT2D eigenvalue weighted by Crippen LogP contribution is 2.35. The van der Waals surface area contributed by atoms with Crippen LogP contribution in [0.3, 0.4) is 0 Å². The molecule has 1 fully saturated rings. The average Bonchev–Trinajstić information content (AvgIpc) is 3.05. The zero-order chi connectivity index (χ0) is 24.8. The van der Waals surface area contributed by atoms with Gasteiger partial charge in [0.15, 0.2) is 6.61 Å². The molecular weight excluding hydrogens is 524 g/mol. The lowest BCUT2D eigenvalue weighted by atomic mass is 10.0.